The van der Waals surface area contributed by atoms with Gasteiger partial charge in [0, 0.05) is 5.92 Å². The van der Waals surface area contributed by atoms with Crippen molar-refractivity contribution in [1.82, 2.24) is 0 Å². The summed E-state index contributed by atoms with van der Waals surface area (Å²) in [4.78, 5) is 0. The monoisotopic (exact) mass is 286 g/mol. The highest BCUT2D eigenvalue weighted by Crippen LogP contribution is 2.20. The zero-order valence-electron chi connectivity index (χ0n) is 13.4. The molecular formula is C17H34OS. The molecule has 114 valence electrons. The maximum absolute atomic E-state index is 5.35. The molecule has 19 heavy (non-hydrogen) atoms. The molecule has 0 amide bonds. The molecule has 0 aromatic carbocycles. The largest absolute Gasteiger partial charge is 0.490 e. The van der Waals surface area contributed by atoms with E-state index in [1.165, 1.54) is 77.0 Å². The lowest BCUT2D eigenvalue weighted by molar-refractivity contribution is 0.355. The standard InChI is InChI=1S/C17H34OS/c1-4-6-8-10-11-13-15-16(17(19)18-3)14-12-9-7-5-2/h16H,4-15H2,1-3H3/t16-/m1/s1. The zero-order chi connectivity index (χ0) is 14.3. The molecule has 0 rings (SSSR count). The summed E-state index contributed by atoms with van der Waals surface area (Å²) in [6.45, 7) is 4.52. The molecular weight excluding hydrogens is 252 g/mol. The molecule has 0 radical (unpaired) electrons. The third-order valence-electron chi connectivity index (χ3n) is 3.85. The molecule has 0 aromatic rings. The van der Waals surface area contributed by atoms with E-state index in [1.54, 1.807) is 7.11 Å². The minimum absolute atomic E-state index is 0.517. The van der Waals surface area contributed by atoms with Crippen LogP contribution in [0.25, 0.3) is 0 Å². The Hall–Kier alpha value is -0.110. The van der Waals surface area contributed by atoms with Gasteiger partial charge in [-0.3, -0.25) is 0 Å². The third kappa shape index (κ3) is 11.4. The van der Waals surface area contributed by atoms with Crippen LogP contribution in [0.1, 0.15) is 90.9 Å². The van der Waals surface area contributed by atoms with Crippen molar-refractivity contribution in [2.45, 2.75) is 90.9 Å². The second-order valence-corrected chi connectivity index (χ2v) is 6.03. The van der Waals surface area contributed by atoms with Crippen molar-refractivity contribution < 1.29 is 4.74 Å². The average Bonchev–Trinajstić information content (AvgIpc) is 2.44. The normalized spacial score (nSPS) is 12.4. The second kappa shape index (κ2) is 14.3. The van der Waals surface area contributed by atoms with Crippen molar-refractivity contribution >= 4 is 17.3 Å². The van der Waals surface area contributed by atoms with Gasteiger partial charge in [-0.1, -0.05) is 78.1 Å². The molecule has 0 saturated heterocycles. The Morgan fingerprint density at radius 3 is 1.68 bits per heavy atom. The molecule has 1 atom stereocenters. The van der Waals surface area contributed by atoms with Crippen molar-refractivity contribution in [3.05, 3.63) is 0 Å². The van der Waals surface area contributed by atoms with E-state index in [1.807, 2.05) is 0 Å². The lowest BCUT2D eigenvalue weighted by atomic mass is 9.95. The van der Waals surface area contributed by atoms with Gasteiger partial charge in [0.25, 0.3) is 0 Å². The lowest BCUT2D eigenvalue weighted by Crippen LogP contribution is -2.14. The van der Waals surface area contributed by atoms with Gasteiger partial charge in [0.15, 0.2) is 5.05 Å². The number of thiocarbonyl (C=S) groups is 1. The minimum Gasteiger partial charge on any atom is -0.490 e. The maximum atomic E-state index is 5.35. The molecule has 0 aromatic heterocycles. The van der Waals surface area contributed by atoms with E-state index in [9.17, 15) is 0 Å². The highest BCUT2D eigenvalue weighted by Gasteiger charge is 2.14. The first-order valence-corrected chi connectivity index (χ1v) is 8.74. The van der Waals surface area contributed by atoms with E-state index in [4.69, 9.17) is 17.0 Å². The molecule has 0 spiro atoms. The van der Waals surface area contributed by atoms with Crippen LogP contribution < -0.4 is 0 Å². The Morgan fingerprint density at radius 1 is 0.789 bits per heavy atom. The van der Waals surface area contributed by atoms with E-state index in [0.29, 0.717) is 5.92 Å². The van der Waals surface area contributed by atoms with E-state index >= 15 is 0 Å². The molecule has 0 N–H and O–H groups in total. The highest BCUT2D eigenvalue weighted by atomic mass is 32.1. The first kappa shape index (κ1) is 18.9. The Kier molecular flexibility index (Phi) is 14.2. The molecule has 0 bridgehead atoms. The van der Waals surface area contributed by atoms with Crippen LogP contribution in [-0.4, -0.2) is 12.2 Å². The van der Waals surface area contributed by atoms with Gasteiger partial charge in [-0.2, -0.15) is 0 Å². The fourth-order valence-electron chi connectivity index (χ4n) is 2.54. The predicted octanol–water partition coefficient (Wildman–Crippen LogP) is 6.30. The number of methoxy groups -OCH3 is 1. The molecule has 0 aliphatic heterocycles. The Balaban J connectivity index is 3.71. The third-order valence-corrected chi connectivity index (χ3v) is 4.35. The highest BCUT2D eigenvalue weighted by molar-refractivity contribution is 7.80. The Labute approximate surface area is 126 Å². The number of ether oxygens (including phenoxy) is 1. The molecule has 1 nitrogen and oxygen atoms in total. The number of hydrogen-bond acceptors (Lipinski definition) is 2. The van der Waals surface area contributed by atoms with Crippen LogP contribution in [0.15, 0.2) is 0 Å². The molecule has 0 aliphatic carbocycles. The first-order valence-electron chi connectivity index (χ1n) is 8.34. The fraction of sp³-hybridized carbons (Fsp3) is 0.941. The number of hydrogen-bond donors (Lipinski definition) is 0. The zero-order valence-corrected chi connectivity index (χ0v) is 14.2. The van der Waals surface area contributed by atoms with Crippen molar-refractivity contribution in [2.24, 2.45) is 5.92 Å². The Morgan fingerprint density at radius 2 is 1.21 bits per heavy atom. The van der Waals surface area contributed by atoms with Crippen molar-refractivity contribution in [3.63, 3.8) is 0 Å². The predicted molar refractivity (Wildman–Crippen MR) is 89.8 cm³/mol. The summed E-state index contributed by atoms with van der Waals surface area (Å²) in [7, 11) is 1.72. The lowest BCUT2D eigenvalue weighted by Gasteiger charge is -2.17. The summed E-state index contributed by atoms with van der Waals surface area (Å²) in [5, 5.41) is 0.838. The van der Waals surface area contributed by atoms with E-state index in [0.717, 1.165) is 5.05 Å². The molecule has 0 unspecified atom stereocenters. The van der Waals surface area contributed by atoms with Crippen LogP contribution in [-0.2, 0) is 4.74 Å². The molecule has 0 aliphatic rings. The fourth-order valence-corrected chi connectivity index (χ4v) is 2.77. The molecule has 0 fully saturated rings. The van der Waals surface area contributed by atoms with Crippen LogP contribution in [0.2, 0.25) is 0 Å². The summed E-state index contributed by atoms with van der Waals surface area (Å²) in [6, 6.07) is 0. The van der Waals surface area contributed by atoms with E-state index < -0.39 is 0 Å². The van der Waals surface area contributed by atoms with Gasteiger partial charge in [-0.05, 0) is 25.1 Å². The number of unbranched alkanes of at least 4 members (excludes halogenated alkanes) is 8. The Bertz CT molecular complexity index is 203. The topological polar surface area (TPSA) is 9.23 Å². The molecule has 0 saturated carbocycles. The van der Waals surface area contributed by atoms with Crippen molar-refractivity contribution in [2.75, 3.05) is 7.11 Å². The van der Waals surface area contributed by atoms with Gasteiger partial charge in [-0.25, -0.2) is 0 Å². The van der Waals surface area contributed by atoms with E-state index in [-0.39, 0.29) is 0 Å². The van der Waals surface area contributed by atoms with Crippen LogP contribution in [0, 0.1) is 5.92 Å². The van der Waals surface area contributed by atoms with Gasteiger partial charge in [0.2, 0.25) is 0 Å². The van der Waals surface area contributed by atoms with Crippen molar-refractivity contribution in [1.29, 1.82) is 0 Å². The van der Waals surface area contributed by atoms with Crippen molar-refractivity contribution in [3.8, 4) is 0 Å². The summed E-state index contributed by atoms with van der Waals surface area (Å²) in [6.07, 6.45) is 15.9. The summed E-state index contributed by atoms with van der Waals surface area (Å²) in [5.41, 5.74) is 0. The van der Waals surface area contributed by atoms with Gasteiger partial charge in [0.1, 0.15) is 0 Å². The van der Waals surface area contributed by atoms with Gasteiger partial charge in [-0.15, -0.1) is 0 Å². The minimum atomic E-state index is 0.517. The van der Waals surface area contributed by atoms with Gasteiger partial charge >= 0.3 is 0 Å². The maximum Gasteiger partial charge on any atom is 0.162 e. The van der Waals surface area contributed by atoms with Crippen LogP contribution in [0.3, 0.4) is 0 Å². The van der Waals surface area contributed by atoms with Crippen LogP contribution in [0.4, 0.5) is 0 Å². The van der Waals surface area contributed by atoms with Crippen LogP contribution in [0.5, 0.6) is 0 Å². The summed E-state index contributed by atoms with van der Waals surface area (Å²) >= 11 is 5.35. The first-order chi connectivity index (χ1) is 9.26. The number of rotatable bonds is 13. The van der Waals surface area contributed by atoms with E-state index in [2.05, 4.69) is 13.8 Å². The summed E-state index contributed by atoms with van der Waals surface area (Å²) < 4.78 is 5.30. The van der Waals surface area contributed by atoms with Gasteiger partial charge < -0.3 is 4.74 Å². The SMILES string of the molecule is CCCCCCCC[C@@H](CCCCCC)C(=S)OC. The second-order valence-electron chi connectivity index (χ2n) is 5.63. The van der Waals surface area contributed by atoms with Crippen LogP contribution >= 0.6 is 12.2 Å². The molecule has 2 heteroatoms. The van der Waals surface area contributed by atoms with Gasteiger partial charge in [0.05, 0.1) is 7.11 Å². The smallest absolute Gasteiger partial charge is 0.162 e. The molecule has 0 heterocycles. The average molecular weight is 287 g/mol. The quantitative estimate of drug-likeness (QED) is 0.290. The summed E-state index contributed by atoms with van der Waals surface area (Å²) in [5.74, 6) is 0.517.